The lowest BCUT2D eigenvalue weighted by Gasteiger charge is -2.36. The molecule has 1 unspecified atom stereocenters. The normalized spacial score (nSPS) is 18.0. The van der Waals surface area contributed by atoms with Crippen LogP contribution in [-0.2, 0) is 12.7 Å². The Kier molecular flexibility index (Phi) is 6.05. The maximum atomic E-state index is 13.4. The zero-order valence-corrected chi connectivity index (χ0v) is 13.6. The minimum absolute atomic E-state index is 0.00216. The summed E-state index contributed by atoms with van der Waals surface area (Å²) in [5, 5.41) is 11.2. The molecule has 2 N–H and O–H groups in total. The number of amides is 1. The number of alkyl halides is 6. The van der Waals surface area contributed by atoms with Crippen LogP contribution in [0.15, 0.2) is 24.3 Å². The first kappa shape index (κ1) is 20.3. The average molecular weight is 384 g/mol. The van der Waals surface area contributed by atoms with Gasteiger partial charge in [-0.1, -0.05) is 18.2 Å². The van der Waals surface area contributed by atoms with Crippen LogP contribution in [0, 0.1) is 5.92 Å². The molecule has 1 fully saturated rings. The van der Waals surface area contributed by atoms with Crippen LogP contribution in [0.25, 0.3) is 0 Å². The molecule has 0 aliphatic carbocycles. The molecule has 1 amide bonds. The first-order chi connectivity index (χ1) is 12.0. The SMILES string of the molecule is O=C(O)N1CCC(C(NCc2cccc(C(F)(F)F)c2)C(F)(F)F)CC1. The van der Waals surface area contributed by atoms with E-state index in [9.17, 15) is 31.1 Å². The summed E-state index contributed by atoms with van der Waals surface area (Å²) in [7, 11) is 0. The number of halogens is 6. The van der Waals surface area contributed by atoms with Gasteiger partial charge in [-0.05, 0) is 30.4 Å². The molecule has 1 saturated heterocycles. The summed E-state index contributed by atoms with van der Waals surface area (Å²) < 4.78 is 78.2. The Morgan fingerprint density at radius 2 is 1.81 bits per heavy atom. The van der Waals surface area contributed by atoms with E-state index in [4.69, 9.17) is 5.11 Å². The summed E-state index contributed by atoms with van der Waals surface area (Å²) in [6, 6.07) is 2.23. The number of nitrogens with one attached hydrogen (secondary N) is 1. The number of carbonyl (C=O) groups is 1. The molecule has 0 aromatic heterocycles. The fraction of sp³-hybridized carbons (Fsp3) is 0.562. The highest BCUT2D eigenvalue weighted by Crippen LogP contribution is 2.33. The van der Waals surface area contributed by atoms with Crippen LogP contribution in [0.2, 0.25) is 0 Å². The van der Waals surface area contributed by atoms with E-state index < -0.39 is 36.0 Å². The third kappa shape index (κ3) is 5.26. The number of likely N-dealkylation sites (tertiary alicyclic amines) is 1. The van der Waals surface area contributed by atoms with E-state index in [0.29, 0.717) is 0 Å². The van der Waals surface area contributed by atoms with Crippen molar-refractivity contribution in [3.8, 4) is 0 Å². The Morgan fingerprint density at radius 1 is 1.19 bits per heavy atom. The van der Waals surface area contributed by atoms with Crippen molar-refractivity contribution in [3.63, 3.8) is 0 Å². The summed E-state index contributed by atoms with van der Waals surface area (Å²) in [4.78, 5) is 11.9. The fourth-order valence-electron chi connectivity index (χ4n) is 3.06. The van der Waals surface area contributed by atoms with E-state index >= 15 is 0 Å². The molecule has 26 heavy (non-hydrogen) atoms. The zero-order valence-electron chi connectivity index (χ0n) is 13.6. The molecular formula is C16H18F6N2O2. The fourth-order valence-corrected chi connectivity index (χ4v) is 3.06. The van der Waals surface area contributed by atoms with Crippen molar-refractivity contribution in [2.45, 2.75) is 37.8 Å². The first-order valence-corrected chi connectivity index (χ1v) is 7.92. The highest BCUT2D eigenvalue weighted by molar-refractivity contribution is 5.64. The molecule has 0 spiro atoms. The van der Waals surface area contributed by atoms with Crippen molar-refractivity contribution in [3.05, 3.63) is 35.4 Å². The van der Waals surface area contributed by atoms with Crippen LogP contribution in [0.3, 0.4) is 0 Å². The largest absolute Gasteiger partial charge is 0.465 e. The van der Waals surface area contributed by atoms with Gasteiger partial charge in [0.2, 0.25) is 0 Å². The van der Waals surface area contributed by atoms with Crippen molar-refractivity contribution >= 4 is 6.09 Å². The molecule has 1 atom stereocenters. The Bertz CT molecular complexity index is 624. The Morgan fingerprint density at radius 3 is 2.31 bits per heavy atom. The number of nitrogens with zero attached hydrogens (tertiary/aromatic N) is 1. The van der Waals surface area contributed by atoms with Gasteiger partial charge in [0.1, 0.15) is 6.04 Å². The summed E-state index contributed by atoms with van der Waals surface area (Å²) in [5.41, 5.74) is -0.827. The van der Waals surface area contributed by atoms with Gasteiger partial charge >= 0.3 is 18.4 Å². The maximum absolute atomic E-state index is 13.4. The topological polar surface area (TPSA) is 52.6 Å². The number of benzene rings is 1. The zero-order chi connectivity index (χ0) is 19.5. The maximum Gasteiger partial charge on any atom is 0.416 e. The van der Waals surface area contributed by atoms with Gasteiger partial charge in [-0.15, -0.1) is 0 Å². The van der Waals surface area contributed by atoms with E-state index in [1.54, 1.807) is 0 Å². The number of piperidine rings is 1. The molecule has 1 aromatic rings. The number of hydrogen-bond acceptors (Lipinski definition) is 2. The molecule has 0 bridgehead atoms. The van der Waals surface area contributed by atoms with Crippen LogP contribution in [-0.4, -0.2) is 41.4 Å². The predicted octanol–water partition coefficient (Wildman–Crippen LogP) is 4.12. The molecule has 146 valence electrons. The Balaban J connectivity index is 2.05. The lowest BCUT2D eigenvalue weighted by atomic mass is 9.89. The molecule has 4 nitrogen and oxygen atoms in total. The lowest BCUT2D eigenvalue weighted by molar-refractivity contribution is -0.171. The molecule has 1 aliphatic rings. The van der Waals surface area contributed by atoms with Gasteiger partial charge in [0, 0.05) is 19.6 Å². The summed E-state index contributed by atoms with van der Waals surface area (Å²) in [5.74, 6) is -0.837. The quantitative estimate of drug-likeness (QED) is 0.768. The van der Waals surface area contributed by atoms with Crippen molar-refractivity contribution in [2.75, 3.05) is 13.1 Å². The van der Waals surface area contributed by atoms with Crippen LogP contribution >= 0.6 is 0 Å². The van der Waals surface area contributed by atoms with Gasteiger partial charge in [0.15, 0.2) is 0 Å². The van der Waals surface area contributed by atoms with E-state index in [1.807, 2.05) is 0 Å². The van der Waals surface area contributed by atoms with Crippen molar-refractivity contribution < 1.29 is 36.2 Å². The molecule has 1 aromatic carbocycles. The molecule has 1 heterocycles. The number of hydrogen-bond donors (Lipinski definition) is 2. The van der Waals surface area contributed by atoms with Crippen LogP contribution in [0.5, 0.6) is 0 Å². The van der Waals surface area contributed by atoms with Crippen LogP contribution in [0.4, 0.5) is 31.1 Å². The van der Waals surface area contributed by atoms with Gasteiger partial charge in [-0.25, -0.2) is 4.79 Å². The standard InChI is InChI=1S/C16H18F6N2O2/c17-15(18,19)12-3-1-2-10(8-12)9-23-13(16(20,21)22)11-4-6-24(7-5-11)14(25)26/h1-3,8,11,13,23H,4-7,9H2,(H,25,26). The van der Waals surface area contributed by atoms with E-state index in [-0.39, 0.29) is 38.0 Å². The average Bonchev–Trinajstić information content (AvgIpc) is 2.54. The smallest absolute Gasteiger partial charge is 0.416 e. The number of rotatable bonds is 4. The summed E-state index contributed by atoms with van der Waals surface area (Å²) in [6.45, 7) is -0.372. The first-order valence-electron chi connectivity index (χ1n) is 7.92. The lowest BCUT2D eigenvalue weighted by Crippen LogP contribution is -2.51. The van der Waals surface area contributed by atoms with Crippen LogP contribution in [0.1, 0.15) is 24.0 Å². The van der Waals surface area contributed by atoms with Gasteiger partial charge < -0.3 is 15.3 Å². The van der Waals surface area contributed by atoms with Crippen molar-refractivity contribution in [2.24, 2.45) is 5.92 Å². The third-order valence-corrected chi connectivity index (χ3v) is 4.41. The van der Waals surface area contributed by atoms with Crippen LogP contribution < -0.4 is 5.32 Å². The second-order valence-corrected chi connectivity index (χ2v) is 6.21. The van der Waals surface area contributed by atoms with E-state index in [2.05, 4.69) is 5.32 Å². The van der Waals surface area contributed by atoms with Crippen molar-refractivity contribution in [1.29, 1.82) is 0 Å². The monoisotopic (exact) mass is 384 g/mol. The summed E-state index contributed by atoms with van der Waals surface area (Å²) in [6.07, 6.45) is -10.3. The highest BCUT2D eigenvalue weighted by Gasteiger charge is 2.45. The predicted molar refractivity (Wildman–Crippen MR) is 80.4 cm³/mol. The second-order valence-electron chi connectivity index (χ2n) is 6.21. The summed E-state index contributed by atoms with van der Waals surface area (Å²) >= 11 is 0. The van der Waals surface area contributed by atoms with E-state index in [1.165, 1.54) is 6.07 Å². The minimum atomic E-state index is -4.59. The highest BCUT2D eigenvalue weighted by atomic mass is 19.4. The van der Waals surface area contributed by atoms with Crippen molar-refractivity contribution in [1.82, 2.24) is 10.2 Å². The second kappa shape index (κ2) is 7.73. The van der Waals surface area contributed by atoms with Gasteiger partial charge in [-0.3, -0.25) is 0 Å². The molecule has 10 heteroatoms. The molecule has 1 aliphatic heterocycles. The van der Waals surface area contributed by atoms with Gasteiger partial charge in [-0.2, -0.15) is 26.3 Å². The van der Waals surface area contributed by atoms with Gasteiger partial charge in [0.25, 0.3) is 0 Å². The Hall–Kier alpha value is -1.97. The van der Waals surface area contributed by atoms with Gasteiger partial charge in [0.05, 0.1) is 5.56 Å². The molecule has 0 saturated carbocycles. The minimum Gasteiger partial charge on any atom is -0.465 e. The Labute approximate surface area is 145 Å². The third-order valence-electron chi connectivity index (χ3n) is 4.41. The molecule has 0 radical (unpaired) electrons. The molecule has 2 rings (SSSR count). The molecular weight excluding hydrogens is 366 g/mol. The van der Waals surface area contributed by atoms with E-state index in [0.717, 1.165) is 23.1 Å². The number of carboxylic acid groups (broad SMARTS) is 1.